The second-order valence-electron chi connectivity index (χ2n) is 8.20. The van der Waals surface area contributed by atoms with Crippen molar-refractivity contribution in [1.82, 2.24) is 10.2 Å². The van der Waals surface area contributed by atoms with Crippen molar-refractivity contribution in [3.63, 3.8) is 0 Å². The fraction of sp³-hybridized carbons (Fsp3) is 0.400. The zero-order valence-electron chi connectivity index (χ0n) is 17.3. The van der Waals surface area contributed by atoms with E-state index in [2.05, 4.69) is 11.4 Å². The Labute approximate surface area is 172 Å². The van der Waals surface area contributed by atoms with Crippen LogP contribution in [0.25, 0.3) is 5.57 Å². The second-order valence-corrected chi connectivity index (χ2v) is 8.20. The van der Waals surface area contributed by atoms with Gasteiger partial charge in [-0.3, -0.25) is 4.79 Å². The molecule has 0 unspecified atom stereocenters. The standard InChI is InChI=1S/C25H29FN2O/c1-3-28(4-2)24(29)19-7-5-18(6-8-19)23-17-25(11-13-27-14-12-25)16-20-9-10-21(26)15-22(20)23/h5-10,15,17,27H,3-4,11-14,16H2,1-2H3. The Balaban J connectivity index is 1.73. The van der Waals surface area contributed by atoms with Crippen LogP contribution < -0.4 is 5.32 Å². The number of nitrogens with zero attached hydrogens (tertiary/aromatic N) is 1. The lowest BCUT2D eigenvalue weighted by Gasteiger charge is -2.40. The van der Waals surface area contributed by atoms with Gasteiger partial charge in [-0.25, -0.2) is 4.39 Å². The topological polar surface area (TPSA) is 32.3 Å². The van der Waals surface area contributed by atoms with E-state index in [1.165, 1.54) is 5.56 Å². The van der Waals surface area contributed by atoms with E-state index in [-0.39, 0.29) is 17.1 Å². The number of amides is 1. The van der Waals surface area contributed by atoms with E-state index in [4.69, 9.17) is 0 Å². The number of hydrogen-bond acceptors (Lipinski definition) is 2. The summed E-state index contributed by atoms with van der Waals surface area (Å²) in [4.78, 5) is 14.5. The molecule has 152 valence electrons. The van der Waals surface area contributed by atoms with E-state index < -0.39 is 0 Å². The maximum absolute atomic E-state index is 14.1. The molecule has 1 saturated heterocycles. The summed E-state index contributed by atoms with van der Waals surface area (Å²) >= 11 is 0. The van der Waals surface area contributed by atoms with Crippen LogP contribution in [0.3, 0.4) is 0 Å². The van der Waals surface area contributed by atoms with Crippen LogP contribution >= 0.6 is 0 Å². The summed E-state index contributed by atoms with van der Waals surface area (Å²) < 4.78 is 14.1. The molecule has 2 aliphatic rings. The number of fused-ring (bicyclic) bond motifs is 1. The molecule has 0 saturated carbocycles. The molecule has 1 fully saturated rings. The van der Waals surface area contributed by atoms with Gasteiger partial charge in [0, 0.05) is 18.7 Å². The highest BCUT2D eigenvalue weighted by Crippen LogP contribution is 2.44. The molecule has 0 atom stereocenters. The van der Waals surface area contributed by atoms with Crippen molar-refractivity contribution in [3.8, 4) is 0 Å². The maximum atomic E-state index is 14.1. The summed E-state index contributed by atoms with van der Waals surface area (Å²) in [6.45, 7) is 7.41. The average Bonchev–Trinajstić information content (AvgIpc) is 2.75. The Kier molecular flexibility index (Phi) is 5.55. The third-order valence-electron chi connectivity index (χ3n) is 6.45. The molecule has 3 nitrogen and oxygen atoms in total. The van der Waals surface area contributed by atoms with Crippen LogP contribution in [0.2, 0.25) is 0 Å². The normalized spacial score (nSPS) is 17.6. The summed E-state index contributed by atoms with van der Waals surface area (Å²) in [5.41, 5.74) is 5.16. The molecule has 4 rings (SSSR count). The van der Waals surface area contributed by atoms with E-state index in [0.717, 1.165) is 49.1 Å². The highest BCUT2D eigenvalue weighted by atomic mass is 19.1. The lowest BCUT2D eigenvalue weighted by molar-refractivity contribution is 0.0773. The first kappa shape index (κ1) is 19.8. The first-order chi connectivity index (χ1) is 14.0. The molecule has 1 aliphatic heterocycles. The lowest BCUT2D eigenvalue weighted by atomic mass is 9.67. The van der Waals surface area contributed by atoms with Crippen LogP contribution in [-0.4, -0.2) is 37.0 Å². The van der Waals surface area contributed by atoms with Crippen molar-refractivity contribution in [2.75, 3.05) is 26.2 Å². The molecule has 2 aromatic rings. The number of carbonyl (C=O) groups is 1. The van der Waals surface area contributed by atoms with Crippen molar-refractivity contribution in [2.45, 2.75) is 33.1 Å². The van der Waals surface area contributed by atoms with Gasteiger partial charge < -0.3 is 10.2 Å². The van der Waals surface area contributed by atoms with Gasteiger partial charge in [-0.1, -0.05) is 24.3 Å². The fourth-order valence-electron chi connectivity index (χ4n) is 4.74. The van der Waals surface area contributed by atoms with Gasteiger partial charge in [-0.2, -0.15) is 0 Å². The van der Waals surface area contributed by atoms with Gasteiger partial charge in [0.1, 0.15) is 5.82 Å². The Hall–Kier alpha value is -2.46. The highest BCUT2D eigenvalue weighted by Gasteiger charge is 2.35. The molecule has 4 heteroatoms. The second kappa shape index (κ2) is 8.11. The van der Waals surface area contributed by atoms with Crippen molar-refractivity contribution in [2.24, 2.45) is 5.41 Å². The first-order valence-electron chi connectivity index (χ1n) is 10.7. The van der Waals surface area contributed by atoms with Gasteiger partial charge >= 0.3 is 0 Å². The van der Waals surface area contributed by atoms with Crippen LogP contribution in [0.4, 0.5) is 4.39 Å². The van der Waals surface area contributed by atoms with Gasteiger partial charge in [0.05, 0.1) is 0 Å². The van der Waals surface area contributed by atoms with Gasteiger partial charge in [0.25, 0.3) is 5.91 Å². The van der Waals surface area contributed by atoms with Crippen LogP contribution in [0.1, 0.15) is 53.7 Å². The largest absolute Gasteiger partial charge is 0.339 e. The number of allylic oxidation sites excluding steroid dienone is 1. The van der Waals surface area contributed by atoms with E-state index in [9.17, 15) is 9.18 Å². The van der Waals surface area contributed by atoms with Gasteiger partial charge in [0.2, 0.25) is 0 Å². The molecule has 29 heavy (non-hydrogen) atoms. The van der Waals surface area contributed by atoms with Gasteiger partial charge in [0.15, 0.2) is 0 Å². The summed E-state index contributed by atoms with van der Waals surface area (Å²) in [7, 11) is 0. The maximum Gasteiger partial charge on any atom is 0.253 e. The Morgan fingerprint density at radius 2 is 1.76 bits per heavy atom. The van der Waals surface area contributed by atoms with Crippen LogP contribution in [-0.2, 0) is 6.42 Å². The first-order valence-corrected chi connectivity index (χ1v) is 10.7. The molecule has 0 radical (unpaired) electrons. The minimum Gasteiger partial charge on any atom is -0.339 e. The molecule has 1 heterocycles. The number of nitrogens with one attached hydrogen (secondary N) is 1. The number of hydrogen-bond donors (Lipinski definition) is 1. The number of benzene rings is 2. The molecule has 1 amide bonds. The number of carbonyl (C=O) groups excluding carboxylic acids is 1. The third-order valence-corrected chi connectivity index (χ3v) is 6.45. The zero-order valence-corrected chi connectivity index (χ0v) is 17.3. The summed E-state index contributed by atoms with van der Waals surface area (Å²) in [5, 5.41) is 3.45. The monoisotopic (exact) mass is 392 g/mol. The third kappa shape index (κ3) is 3.86. The average molecular weight is 393 g/mol. The van der Waals surface area contributed by atoms with E-state index in [0.29, 0.717) is 18.7 Å². The van der Waals surface area contributed by atoms with Crippen molar-refractivity contribution >= 4 is 11.5 Å². The minimum absolute atomic E-state index is 0.0560. The SMILES string of the molecule is CCN(CC)C(=O)c1ccc(C2=CC3(CCNCC3)Cc3ccc(F)cc32)cc1. The zero-order chi connectivity index (χ0) is 20.4. The van der Waals surface area contributed by atoms with Gasteiger partial charge in [-0.05, 0) is 98.1 Å². The smallest absolute Gasteiger partial charge is 0.253 e. The van der Waals surface area contributed by atoms with E-state index in [1.807, 2.05) is 49.1 Å². The molecule has 1 N–H and O–H groups in total. The minimum atomic E-state index is -0.204. The van der Waals surface area contributed by atoms with Crippen LogP contribution in [0, 0.1) is 11.2 Å². The molecule has 1 spiro atoms. The van der Waals surface area contributed by atoms with E-state index in [1.54, 1.807) is 12.1 Å². The molecule has 0 aromatic heterocycles. The molecule has 0 bridgehead atoms. The Bertz CT molecular complexity index is 922. The summed E-state index contributed by atoms with van der Waals surface area (Å²) in [6, 6.07) is 13.0. The molecule has 1 aliphatic carbocycles. The van der Waals surface area contributed by atoms with Crippen molar-refractivity contribution in [1.29, 1.82) is 0 Å². The predicted octanol–water partition coefficient (Wildman–Crippen LogP) is 4.67. The quantitative estimate of drug-likeness (QED) is 0.820. The summed E-state index contributed by atoms with van der Waals surface area (Å²) in [5.74, 6) is -0.148. The summed E-state index contributed by atoms with van der Waals surface area (Å²) in [6.07, 6.45) is 5.51. The van der Waals surface area contributed by atoms with E-state index >= 15 is 0 Å². The molecular formula is C25H29FN2O. The molecule has 2 aromatic carbocycles. The van der Waals surface area contributed by atoms with Crippen LogP contribution in [0.15, 0.2) is 48.5 Å². The lowest BCUT2D eigenvalue weighted by Crippen LogP contribution is -2.38. The Morgan fingerprint density at radius 3 is 2.41 bits per heavy atom. The number of halogens is 1. The van der Waals surface area contributed by atoms with Gasteiger partial charge in [-0.15, -0.1) is 0 Å². The highest BCUT2D eigenvalue weighted by molar-refractivity contribution is 5.95. The van der Waals surface area contributed by atoms with Crippen molar-refractivity contribution in [3.05, 3.63) is 76.6 Å². The number of piperidine rings is 1. The van der Waals surface area contributed by atoms with Crippen LogP contribution in [0.5, 0.6) is 0 Å². The van der Waals surface area contributed by atoms with Crippen molar-refractivity contribution < 1.29 is 9.18 Å². The molecular weight excluding hydrogens is 363 g/mol. The number of rotatable bonds is 4. The Morgan fingerprint density at radius 1 is 1.07 bits per heavy atom. The predicted molar refractivity (Wildman–Crippen MR) is 115 cm³/mol. The fourth-order valence-corrected chi connectivity index (χ4v) is 4.74.